The lowest BCUT2D eigenvalue weighted by Gasteiger charge is -2.07. The molecule has 1 aromatic rings. The van der Waals surface area contributed by atoms with Crippen molar-refractivity contribution in [3.05, 3.63) is 16.9 Å². The second-order valence-corrected chi connectivity index (χ2v) is 3.30. The number of hydrogen-bond acceptors (Lipinski definition) is 3. The summed E-state index contributed by atoms with van der Waals surface area (Å²) in [6.07, 6.45) is 2.39. The Morgan fingerprint density at radius 2 is 2.50 bits per heavy atom. The van der Waals surface area contributed by atoms with Crippen molar-refractivity contribution in [1.82, 2.24) is 9.78 Å². The number of carbonyl (C=O) groups is 1. The SMILES string of the molecule is CCc1cnn(CC(N)C(=O)O)c1Cl. The standard InChI is InChI=1S/C8H12ClN3O2/c1-2-5-3-11-12(7(5)9)4-6(10)8(13)14/h3,6H,2,4,10H2,1H3,(H,13,14). The molecule has 78 valence electrons. The Kier molecular flexibility index (Phi) is 3.49. The van der Waals surface area contributed by atoms with Gasteiger partial charge in [0.05, 0.1) is 12.7 Å². The lowest BCUT2D eigenvalue weighted by Crippen LogP contribution is -2.35. The minimum Gasteiger partial charge on any atom is -0.480 e. The van der Waals surface area contributed by atoms with Crippen LogP contribution in [0.25, 0.3) is 0 Å². The van der Waals surface area contributed by atoms with Crippen molar-refractivity contribution in [3.63, 3.8) is 0 Å². The van der Waals surface area contributed by atoms with E-state index in [4.69, 9.17) is 22.4 Å². The summed E-state index contributed by atoms with van der Waals surface area (Å²) in [5.41, 5.74) is 6.24. The van der Waals surface area contributed by atoms with Crippen molar-refractivity contribution in [2.75, 3.05) is 0 Å². The second kappa shape index (κ2) is 4.43. The van der Waals surface area contributed by atoms with E-state index in [1.807, 2.05) is 6.92 Å². The van der Waals surface area contributed by atoms with Crippen LogP contribution in [-0.4, -0.2) is 26.9 Å². The highest BCUT2D eigenvalue weighted by Gasteiger charge is 2.15. The Balaban J connectivity index is 2.77. The molecule has 0 aliphatic rings. The first-order chi connectivity index (χ1) is 6.56. The van der Waals surface area contributed by atoms with E-state index in [9.17, 15) is 4.79 Å². The Bertz CT molecular complexity index is 337. The molecule has 3 N–H and O–H groups in total. The van der Waals surface area contributed by atoms with Gasteiger partial charge in [0.1, 0.15) is 11.2 Å². The second-order valence-electron chi connectivity index (χ2n) is 2.94. The molecular formula is C8H12ClN3O2. The summed E-state index contributed by atoms with van der Waals surface area (Å²) >= 11 is 5.93. The lowest BCUT2D eigenvalue weighted by molar-refractivity contribution is -0.138. The van der Waals surface area contributed by atoms with Crippen LogP contribution in [0, 0.1) is 0 Å². The fourth-order valence-corrected chi connectivity index (χ4v) is 1.33. The van der Waals surface area contributed by atoms with Gasteiger partial charge in [0, 0.05) is 5.56 Å². The molecule has 5 nitrogen and oxygen atoms in total. The van der Waals surface area contributed by atoms with Crippen molar-refractivity contribution in [3.8, 4) is 0 Å². The number of halogens is 1. The molecule has 14 heavy (non-hydrogen) atoms. The van der Waals surface area contributed by atoms with Gasteiger partial charge in [-0.05, 0) is 6.42 Å². The van der Waals surface area contributed by atoms with E-state index in [1.54, 1.807) is 6.20 Å². The zero-order valence-electron chi connectivity index (χ0n) is 7.77. The van der Waals surface area contributed by atoms with Crippen LogP contribution in [0.3, 0.4) is 0 Å². The number of aliphatic carboxylic acids is 1. The third-order valence-electron chi connectivity index (χ3n) is 1.91. The van der Waals surface area contributed by atoms with Gasteiger partial charge in [0.25, 0.3) is 0 Å². The molecule has 0 bridgehead atoms. The predicted octanol–water partition coefficient (Wildman–Crippen LogP) is 0.511. The molecule has 1 aromatic heterocycles. The molecule has 1 atom stereocenters. The van der Waals surface area contributed by atoms with Crippen LogP contribution >= 0.6 is 11.6 Å². The molecule has 0 amide bonds. The van der Waals surface area contributed by atoms with Gasteiger partial charge in [-0.25, -0.2) is 0 Å². The molecule has 0 saturated carbocycles. The summed E-state index contributed by atoms with van der Waals surface area (Å²) in [7, 11) is 0. The van der Waals surface area contributed by atoms with E-state index in [-0.39, 0.29) is 6.54 Å². The summed E-state index contributed by atoms with van der Waals surface area (Å²) in [6.45, 7) is 2.04. The number of nitrogens with zero attached hydrogens (tertiary/aromatic N) is 2. The predicted molar refractivity (Wildman–Crippen MR) is 52.2 cm³/mol. The van der Waals surface area contributed by atoms with E-state index in [0.717, 1.165) is 12.0 Å². The molecule has 1 rings (SSSR count). The van der Waals surface area contributed by atoms with Gasteiger partial charge < -0.3 is 10.8 Å². The van der Waals surface area contributed by atoms with Crippen LogP contribution in [0.15, 0.2) is 6.20 Å². The molecule has 0 saturated heterocycles. The number of hydrogen-bond donors (Lipinski definition) is 2. The minimum atomic E-state index is -1.06. The Morgan fingerprint density at radius 3 is 2.93 bits per heavy atom. The molecule has 0 aromatic carbocycles. The summed E-state index contributed by atoms with van der Waals surface area (Å²) in [4.78, 5) is 10.5. The summed E-state index contributed by atoms with van der Waals surface area (Å²) in [6, 6.07) is -0.975. The molecule has 1 unspecified atom stereocenters. The number of nitrogens with two attached hydrogens (primary N) is 1. The van der Waals surface area contributed by atoms with E-state index in [1.165, 1.54) is 4.68 Å². The molecule has 0 fully saturated rings. The zero-order valence-corrected chi connectivity index (χ0v) is 8.53. The van der Waals surface area contributed by atoms with Gasteiger partial charge in [-0.2, -0.15) is 5.10 Å². The smallest absolute Gasteiger partial charge is 0.322 e. The van der Waals surface area contributed by atoms with Crippen LogP contribution in [0.5, 0.6) is 0 Å². The van der Waals surface area contributed by atoms with Crippen molar-refractivity contribution in [2.24, 2.45) is 5.73 Å². The average Bonchev–Trinajstić information content (AvgIpc) is 2.47. The number of carboxylic acids is 1. The molecule has 1 heterocycles. The Labute approximate surface area is 86.5 Å². The molecule has 0 spiro atoms. The van der Waals surface area contributed by atoms with Crippen molar-refractivity contribution in [2.45, 2.75) is 25.9 Å². The summed E-state index contributed by atoms with van der Waals surface area (Å²) < 4.78 is 1.40. The maximum Gasteiger partial charge on any atom is 0.322 e. The van der Waals surface area contributed by atoms with Gasteiger partial charge in [0.2, 0.25) is 0 Å². The van der Waals surface area contributed by atoms with E-state index in [0.29, 0.717) is 5.15 Å². The van der Waals surface area contributed by atoms with Crippen LogP contribution in [0.2, 0.25) is 5.15 Å². The first-order valence-electron chi connectivity index (χ1n) is 4.24. The number of carboxylic acid groups (broad SMARTS) is 1. The maximum absolute atomic E-state index is 10.5. The first kappa shape index (κ1) is 11.0. The van der Waals surface area contributed by atoms with Gasteiger partial charge >= 0.3 is 5.97 Å². The number of rotatable bonds is 4. The lowest BCUT2D eigenvalue weighted by atomic mass is 10.3. The molecule has 0 aliphatic carbocycles. The average molecular weight is 218 g/mol. The zero-order chi connectivity index (χ0) is 10.7. The van der Waals surface area contributed by atoms with Crippen molar-refractivity contribution >= 4 is 17.6 Å². The van der Waals surface area contributed by atoms with E-state index in [2.05, 4.69) is 5.10 Å². The van der Waals surface area contributed by atoms with Crippen LogP contribution < -0.4 is 5.73 Å². The largest absolute Gasteiger partial charge is 0.480 e. The molecular weight excluding hydrogens is 206 g/mol. The third-order valence-corrected chi connectivity index (χ3v) is 2.35. The molecule has 6 heteroatoms. The minimum absolute atomic E-state index is 0.0914. The van der Waals surface area contributed by atoms with Gasteiger partial charge in [0.15, 0.2) is 0 Å². The van der Waals surface area contributed by atoms with Crippen LogP contribution in [0.4, 0.5) is 0 Å². The first-order valence-corrected chi connectivity index (χ1v) is 4.62. The third kappa shape index (κ3) is 2.24. The molecule has 0 aliphatic heterocycles. The van der Waals surface area contributed by atoms with Gasteiger partial charge in [-0.3, -0.25) is 9.48 Å². The highest BCUT2D eigenvalue weighted by atomic mass is 35.5. The number of aromatic nitrogens is 2. The summed E-state index contributed by atoms with van der Waals surface area (Å²) in [5, 5.41) is 13.0. The highest BCUT2D eigenvalue weighted by molar-refractivity contribution is 6.30. The molecule has 0 radical (unpaired) electrons. The maximum atomic E-state index is 10.5. The van der Waals surface area contributed by atoms with E-state index >= 15 is 0 Å². The Hall–Kier alpha value is -1.07. The Morgan fingerprint density at radius 1 is 1.86 bits per heavy atom. The van der Waals surface area contributed by atoms with Crippen molar-refractivity contribution in [1.29, 1.82) is 0 Å². The monoisotopic (exact) mass is 217 g/mol. The summed E-state index contributed by atoms with van der Waals surface area (Å²) in [5.74, 6) is -1.06. The van der Waals surface area contributed by atoms with Crippen molar-refractivity contribution < 1.29 is 9.90 Å². The van der Waals surface area contributed by atoms with Crippen LogP contribution in [-0.2, 0) is 17.8 Å². The van der Waals surface area contributed by atoms with Gasteiger partial charge in [-0.1, -0.05) is 18.5 Å². The van der Waals surface area contributed by atoms with Gasteiger partial charge in [-0.15, -0.1) is 0 Å². The highest BCUT2D eigenvalue weighted by Crippen LogP contribution is 2.15. The number of aryl methyl sites for hydroxylation is 1. The quantitative estimate of drug-likeness (QED) is 0.770. The normalized spacial score (nSPS) is 12.8. The van der Waals surface area contributed by atoms with Crippen LogP contribution in [0.1, 0.15) is 12.5 Å². The topological polar surface area (TPSA) is 81.1 Å². The fourth-order valence-electron chi connectivity index (χ4n) is 1.04. The van der Waals surface area contributed by atoms with E-state index < -0.39 is 12.0 Å². The fraction of sp³-hybridized carbons (Fsp3) is 0.500.